The SMILES string of the molecule is CC1C=C(C#N)C(=O)C(C)(C)CCCC2(C)C1=CC(=O)C1C3CC(C)(C)CCC3(CCC(=O)N3CCN(C(=O)OC(C)(C)C)CC3)CCC12C. The molecule has 8 nitrogen and oxygen atoms in total. The lowest BCUT2D eigenvalue weighted by atomic mass is 9.37. The Bertz CT molecular complexity index is 1500. The highest BCUT2D eigenvalue weighted by molar-refractivity contribution is 6.03. The number of carbonyl (C=O) groups excluding carboxylic acids is 4. The van der Waals surface area contributed by atoms with Crippen molar-refractivity contribution < 1.29 is 23.9 Å². The second-order valence-corrected chi connectivity index (χ2v) is 19.5. The Balaban J connectivity index is 1.41. The third kappa shape index (κ3) is 6.96. The first-order chi connectivity index (χ1) is 23.1. The van der Waals surface area contributed by atoms with Crippen molar-refractivity contribution in [2.45, 2.75) is 139 Å². The van der Waals surface area contributed by atoms with Crippen molar-refractivity contribution >= 4 is 23.6 Å². The van der Waals surface area contributed by atoms with Crippen molar-refractivity contribution in [2.24, 2.45) is 44.8 Å². The molecular formula is C42H63N3O5. The number of carbonyl (C=O) groups is 4. The van der Waals surface area contributed by atoms with Gasteiger partial charge in [-0.2, -0.15) is 5.26 Å². The summed E-state index contributed by atoms with van der Waals surface area (Å²) in [4.78, 5) is 58.0. The van der Waals surface area contributed by atoms with Crippen LogP contribution in [0.4, 0.5) is 4.79 Å². The number of ketones is 2. The van der Waals surface area contributed by atoms with Crippen LogP contribution in [0.3, 0.4) is 0 Å². The first-order valence-corrected chi connectivity index (χ1v) is 19.3. The van der Waals surface area contributed by atoms with E-state index in [4.69, 9.17) is 4.74 Å². The fraction of sp³-hybridized carbons (Fsp3) is 0.786. The molecule has 4 aliphatic carbocycles. The van der Waals surface area contributed by atoms with Crippen LogP contribution in [-0.2, 0) is 19.1 Å². The lowest BCUT2D eigenvalue weighted by molar-refractivity contribution is -0.166. The number of fused-ring (bicyclic) bond motifs is 5. The second kappa shape index (κ2) is 13.2. The first kappa shape index (κ1) is 38.3. The van der Waals surface area contributed by atoms with Gasteiger partial charge in [0.15, 0.2) is 11.6 Å². The zero-order valence-electron chi connectivity index (χ0n) is 32.7. The lowest BCUT2D eigenvalue weighted by Gasteiger charge is -2.66. The number of piperazine rings is 1. The molecule has 276 valence electrons. The van der Waals surface area contributed by atoms with Gasteiger partial charge < -0.3 is 14.5 Å². The molecule has 3 fully saturated rings. The molecule has 1 aliphatic heterocycles. The summed E-state index contributed by atoms with van der Waals surface area (Å²) in [5.41, 5.74) is -0.401. The average Bonchev–Trinajstić information content (AvgIpc) is 3.02. The quantitative estimate of drug-likeness (QED) is 0.294. The van der Waals surface area contributed by atoms with Crippen LogP contribution in [0.1, 0.15) is 133 Å². The van der Waals surface area contributed by atoms with Gasteiger partial charge in [-0.1, -0.05) is 66.5 Å². The van der Waals surface area contributed by atoms with Crippen LogP contribution in [0.15, 0.2) is 23.3 Å². The minimum atomic E-state index is -0.617. The molecule has 8 heteroatoms. The molecule has 5 rings (SSSR count). The summed E-state index contributed by atoms with van der Waals surface area (Å²) < 4.78 is 5.55. The van der Waals surface area contributed by atoms with E-state index in [1.807, 2.05) is 51.7 Å². The van der Waals surface area contributed by atoms with Crippen LogP contribution in [0.5, 0.6) is 0 Å². The molecule has 5 aliphatic rings. The van der Waals surface area contributed by atoms with Gasteiger partial charge in [-0.15, -0.1) is 0 Å². The fourth-order valence-electron chi connectivity index (χ4n) is 10.8. The highest BCUT2D eigenvalue weighted by atomic mass is 16.6. The number of rotatable bonds is 3. The predicted octanol–water partition coefficient (Wildman–Crippen LogP) is 8.46. The van der Waals surface area contributed by atoms with Gasteiger partial charge >= 0.3 is 6.09 Å². The molecule has 2 saturated carbocycles. The molecule has 0 spiro atoms. The number of ether oxygens (including phenoxy) is 1. The molecule has 0 aromatic rings. The largest absolute Gasteiger partial charge is 0.444 e. The number of hydrogen-bond donors (Lipinski definition) is 0. The van der Waals surface area contributed by atoms with Crippen LogP contribution < -0.4 is 0 Å². The van der Waals surface area contributed by atoms with E-state index in [1.54, 1.807) is 4.90 Å². The summed E-state index contributed by atoms with van der Waals surface area (Å²) in [7, 11) is 0. The van der Waals surface area contributed by atoms with E-state index in [0.717, 1.165) is 56.9 Å². The molecule has 0 radical (unpaired) electrons. The van der Waals surface area contributed by atoms with Crippen LogP contribution in [0.25, 0.3) is 0 Å². The van der Waals surface area contributed by atoms with E-state index in [0.29, 0.717) is 39.0 Å². The van der Waals surface area contributed by atoms with E-state index in [9.17, 15) is 24.4 Å². The number of amides is 2. The van der Waals surface area contributed by atoms with Gasteiger partial charge in [-0.25, -0.2) is 4.79 Å². The van der Waals surface area contributed by atoms with Gasteiger partial charge in [0.05, 0.1) is 5.57 Å². The zero-order valence-corrected chi connectivity index (χ0v) is 32.7. The van der Waals surface area contributed by atoms with Gasteiger partial charge in [0, 0.05) is 43.9 Å². The molecular weight excluding hydrogens is 626 g/mol. The number of nitriles is 1. The Kier molecular flexibility index (Phi) is 10.1. The Labute approximate surface area is 301 Å². The van der Waals surface area contributed by atoms with Crippen LogP contribution in [0, 0.1) is 56.2 Å². The number of hydrogen-bond acceptors (Lipinski definition) is 6. The molecule has 2 amide bonds. The van der Waals surface area contributed by atoms with Crippen molar-refractivity contribution in [3.63, 3.8) is 0 Å². The molecule has 0 N–H and O–H groups in total. The van der Waals surface area contributed by atoms with Crippen molar-refractivity contribution in [1.29, 1.82) is 5.26 Å². The Hall–Kier alpha value is -2.95. The highest BCUT2D eigenvalue weighted by Crippen LogP contribution is 2.71. The summed E-state index contributed by atoms with van der Waals surface area (Å²) in [6.45, 7) is 22.9. The van der Waals surface area contributed by atoms with E-state index in [-0.39, 0.29) is 68.6 Å². The van der Waals surface area contributed by atoms with Crippen LogP contribution >= 0.6 is 0 Å². The van der Waals surface area contributed by atoms with E-state index in [1.165, 1.54) is 0 Å². The smallest absolute Gasteiger partial charge is 0.410 e. The van der Waals surface area contributed by atoms with Gasteiger partial charge in [0.25, 0.3) is 0 Å². The molecule has 0 aromatic carbocycles. The molecule has 0 aromatic heterocycles. The fourth-order valence-corrected chi connectivity index (χ4v) is 10.8. The van der Waals surface area contributed by atoms with E-state index >= 15 is 0 Å². The third-order valence-electron chi connectivity index (χ3n) is 14.1. The average molecular weight is 690 g/mol. The minimum absolute atomic E-state index is 0.0745. The monoisotopic (exact) mass is 689 g/mol. The molecule has 50 heavy (non-hydrogen) atoms. The van der Waals surface area contributed by atoms with Crippen molar-refractivity contribution in [2.75, 3.05) is 26.2 Å². The summed E-state index contributed by atoms with van der Waals surface area (Å²) in [5.74, 6) is 0.0753. The zero-order chi connectivity index (χ0) is 37.1. The van der Waals surface area contributed by atoms with Gasteiger partial charge in [-0.3, -0.25) is 14.4 Å². The van der Waals surface area contributed by atoms with E-state index in [2.05, 4.69) is 40.7 Å². The maximum Gasteiger partial charge on any atom is 0.410 e. The third-order valence-corrected chi connectivity index (χ3v) is 14.1. The molecule has 0 bridgehead atoms. The summed E-state index contributed by atoms with van der Waals surface area (Å²) in [5, 5.41) is 10.0. The second-order valence-electron chi connectivity index (χ2n) is 19.5. The summed E-state index contributed by atoms with van der Waals surface area (Å²) in [6.07, 6.45) is 12.1. The maximum atomic E-state index is 14.7. The van der Waals surface area contributed by atoms with Crippen LogP contribution in [-0.4, -0.2) is 65.1 Å². The normalized spacial score (nSPS) is 35.7. The first-order valence-electron chi connectivity index (χ1n) is 19.3. The summed E-state index contributed by atoms with van der Waals surface area (Å²) >= 11 is 0. The van der Waals surface area contributed by atoms with Gasteiger partial charge in [0.2, 0.25) is 5.91 Å². The maximum absolute atomic E-state index is 14.7. The molecule has 1 saturated heterocycles. The topological polar surface area (TPSA) is 108 Å². The number of allylic oxidation sites excluding steroid dienone is 4. The number of nitrogens with zero attached hydrogens (tertiary/aromatic N) is 3. The van der Waals surface area contributed by atoms with Crippen molar-refractivity contribution in [1.82, 2.24) is 9.80 Å². The minimum Gasteiger partial charge on any atom is -0.444 e. The Morgan fingerprint density at radius 2 is 1.54 bits per heavy atom. The lowest BCUT2D eigenvalue weighted by Crippen LogP contribution is -2.61. The number of Topliss-reactive ketones (excluding diaryl/α,β-unsaturated/α-hetero) is 1. The van der Waals surface area contributed by atoms with Crippen LogP contribution in [0.2, 0.25) is 0 Å². The standard InChI is InChI=1S/C42H63N3O5/c1-28-24-29(27-43)35(48)39(7,8)13-11-14-40(9)30(28)25-32(46)34-31-26-38(5,6)16-18-42(31,19-17-41(34,40)10)15-12-33(47)44-20-22-45(23-21-44)36(49)50-37(2,3)4/h24-25,28,31,34H,11-23,26H2,1-10H3. The van der Waals surface area contributed by atoms with Crippen molar-refractivity contribution in [3.8, 4) is 6.07 Å². The van der Waals surface area contributed by atoms with Gasteiger partial charge in [-0.05, 0) is 112 Å². The highest BCUT2D eigenvalue weighted by Gasteiger charge is 2.65. The predicted molar refractivity (Wildman–Crippen MR) is 195 cm³/mol. The summed E-state index contributed by atoms with van der Waals surface area (Å²) in [6, 6.07) is 2.20. The van der Waals surface area contributed by atoms with E-state index < -0.39 is 11.0 Å². The Morgan fingerprint density at radius 3 is 2.16 bits per heavy atom. The molecule has 6 unspecified atom stereocenters. The Morgan fingerprint density at radius 1 is 0.920 bits per heavy atom. The molecule has 6 atom stereocenters. The molecule has 1 heterocycles. The van der Waals surface area contributed by atoms with Crippen molar-refractivity contribution in [3.05, 3.63) is 23.3 Å². The van der Waals surface area contributed by atoms with Gasteiger partial charge in [0.1, 0.15) is 11.7 Å².